The van der Waals surface area contributed by atoms with Gasteiger partial charge < -0.3 is 11.7 Å². The molecule has 0 heterocycles. The van der Waals surface area contributed by atoms with Crippen LogP contribution in [0.1, 0.15) is 112 Å². The van der Waals surface area contributed by atoms with Crippen molar-refractivity contribution in [2.24, 2.45) is 5.41 Å². The molecule has 1 N–H and O–H groups in total. The second kappa shape index (κ2) is 19.8. The quantitative estimate of drug-likeness (QED) is 0.113. The van der Waals surface area contributed by atoms with Crippen molar-refractivity contribution in [2.75, 3.05) is 0 Å². The van der Waals surface area contributed by atoms with Crippen LogP contribution in [0.4, 0.5) is 0 Å². The van der Waals surface area contributed by atoms with Crippen molar-refractivity contribution in [1.29, 1.82) is 5.41 Å². The molecule has 0 rings (SSSR count). The number of ether oxygens (including phenoxy) is 1. The summed E-state index contributed by atoms with van der Waals surface area (Å²) in [6, 6.07) is 0. The van der Waals surface area contributed by atoms with Crippen molar-refractivity contribution in [1.82, 2.24) is 0 Å². The van der Waals surface area contributed by atoms with Crippen molar-refractivity contribution in [3.05, 3.63) is 6.92 Å². The summed E-state index contributed by atoms with van der Waals surface area (Å²) in [5.41, 5.74) is -0.138. The molecule has 24 heavy (non-hydrogen) atoms. The molecule has 0 bridgehead atoms. The molecular formula is C21H44NOU-. The second-order valence-corrected chi connectivity index (χ2v) is 7.23. The van der Waals surface area contributed by atoms with Crippen molar-refractivity contribution in [2.45, 2.75) is 118 Å². The van der Waals surface area contributed by atoms with E-state index >= 15 is 0 Å². The fourth-order valence-electron chi connectivity index (χ4n) is 2.17. The second-order valence-electron chi connectivity index (χ2n) is 7.23. The van der Waals surface area contributed by atoms with Crippen LogP contribution in [0.15, 0.2) is 0 Å². The van der Waals surface area contributed by atoms with Crippen molar-refractivity contribution in [3.8, 4) is 0 Å². The van der Waals surface area contributed by atoms with Crippen LogP contribution in [0.3, 0.4) is 0 Å². The van der Waals surface area contributed by atoms with Crippen molar-refractivity contribution < 1.29 is 35.9 Å². The van der Waals surface area contributed by atoms with E-state index in [1.165, 1.54) is 44.9 Å². The smallest absolute Gasteiger partial charge is 0.183 e. The van der Waals surface area contributed by atoms with Gasteiger partial charge in [0.05, 0.1) is 0 Å². The zero-order valence-electron chi connectivity index (χ0n) is 17.5. The third kappa shape index (κ3) is 18.9. The first-order valence-electron chi connectivity index (χ1n) is 9.94. The first-order chi connectivity index (χ1) is 10.9. The number of rotatable bonds is 12. The van der Waals surface area contributed by atoms with Gasteiger partial charge in [-0.25, -0.2) is 0 Å². The van der Waals surface area contributed by atoms with Gasteiger partial charge in [0.15, 0.2) is 5.90 Å². The first-order valence-corrected chi connectivity index (χ1v) is 9.94. The Hall–Kier alpha value is 0.522. The van der Waals surface area contributed by atoms with Gasteiger partial charge in [0.2, 0.25) is 0 Å². The van der Waals surface area contributed by atoms with Crippen LogP contribution in [0.2, 0.25) is 0 Å². The van der Waals surface area contributed by atoms with Crippen LogP contribution in [-0.4, -0.2) is 12.0 Å². The summed E-state index contributed by atoms with van der Waals surface area (Å²) in [4.78, 5) is 0. The Morgan fingerprint density at radius 1 is 0.875 bits per heavy atom. The molecule has 1 unspecified atom stereocenters. The van der Waals surface area contributed by atoms with Gasteiger partial charge in [-0.05, 0) is 18.9 Å². The third-order valence-electron chi connectivity index (χ3n) is 4.22. The Kier molecular flexibility index (Phi) is 24.2. The zero-order chi connectivity index (χ0) is 18.1. The number of nitrogens with one attached hydrogen (secondary N) is 1. The Morgan fingerprint density at radius 3 is 1.67 bits per heavy atom. The van der Waals surface area contributed by atoms with Crippen LogP contribution in [-0.2, 0) is 4.74 Å². The molecule has 0 spiro atoms. The Bertz CT molecular complexity index is 261. The average molecular weight is 565 g/mol. The molecular weight excluding hydrogens is 520 g/mol. The van der Waals surface area contributed by atoms with Gasteiger partial charge in [-0.3, -0.25) is 5.41 Å². The van der Waals surface area contributed by atoms with Gasteiger partial charge in [0.1, 0.15) is 0 Å². The van der Waals surface area contributed by atoms with Gasteiger partial charge in [-0.15, -0.1) is 0 Å². The molecule has 0 saturated heterocycles. The van der Waals surface area contributed by atoms with E-state index in [2.05, 4.69) is 41.5 Å². The Morgan fingerprint density at radius 2 is 1.29 bits per heavy atom. The van der Waals surface area contributed by atoms with E-state index in [0.717, 1.165) is 25.7 Å². The van der Waals surface area contributed by atoms with Crippen LogP contribution in [0, 0.1) is 48.9 Å². The van der Waals surface area contributed by atoms with Gasteiger partial charge in [0, 0.05) is 36.5 Å². The molecule has 0 radical (unpaired) electrons. The maximum atomic E-state index is 7.84. The minimum Gasteiger partial charge on any atom is -0.511 e. The molecule has 1 atom stereocenters. The molecule has 2 nitrogen and oxygen atoms in total. The summed E-state index contributed by atoms with van der Waals surface area (Å²) >= 11 is 0. The summed E-state index contributed by atoms with van der Waals surface area (Å²) in [5, 5.41) is 7.84. The van der Waals surface area contributed by atoms with E-state index in [-0.39, 0.29) is 42.6 Å². The van der Waals surface area contributed by atoms with E-state index in [0.29, 0.717) is 5.90 Å². The minimum absolute atomic E-state index is 0. The minimum atomic E-state index is -0.138. The topological polar surface area (TPSA) is 33.1 Å². The predicted molar refractivity (Wildman–Crippen MR) is 105 cm³/mol. The monoisotopic (exact) mass is 564 g/mol. The van der Waals surface area contributed by atoms with Crippen molar-refractivity contribution in [3.63, 3.8) is 0 Å². The molecule has 0 saturated carbocycles. The zero-order valence-corrected chi connectivity index (χ0v) is 21.6. The molecule has 0 fully saturated rings. The standard InChI is InChI=1S/C12H24NO.C9H20.U/c1-6-8-9-12(4,5)11(13)14-10(3)7-2;1-3-5-7-9-8-6-4-2;/h10,13H,3,6-9H2,1-2,4-5H3;3-9H2,1-2H3;/q-1;;. The van der Waals surface area contributed by atoms with Crippen molar-refractivity contribution >= 4 is 5.90 Å². The molecule has 0 aliphatic heterocycles. The molecule has 0 amide bonds. The molecule has 0 aliphatic rings. The first kappa shape index (κ1) is 29.3. The van der Waals surface area contributed by atoms with Gasteiger partial charge >= 0.3 is 0 Å². The van der Waals surface area contributed by atoms with E-state index in [4.69, 9.17) is 10.1 Å². The van der Waals surface area contributed by atoms with Crippen LogP contribution >= 0.6 is 0 Å². The predicted octanol–water partition coefficient (Wildman–Crippen LogP) is 7.57. The maximum absolute atomic E-state index is 7.84. The summed E-state index contributed by atoms with van der Waals surface area (Å²) in [6.07, 6.45) is 14.1. The van der Waals surface area contributed by atoms with Crippen LogP contribution < -0.4 is 0 Å². The van der Waals surface area contributed by atoms with E-state index in [9.17, 15) is 0 Å². The van der Waals surface area contributed by atoms with Gasteiger partial charge in [-0.2, -0.15) is 0 Å². The molecule has 0 aliphatic carbocycles. The molecule has 0 aromatic heterocycles. The summed E-state index contributed by atoms with van der Waals surface area (Å²) in [5.74, 6) is 0.382. The fraction of sp³-hybridized carbons (Fsp3) is 0.905. The van der Waals surface area contributed by atoms with Crippen LogP contribution in [0.25, 0.3) is 0 Å². The summed E-state index contributed by atoms with van der Waals surface area (Å²) < 4.78 is 5.43. The maximum Gasteiger partial charge on any atom is 0.183 e. The molecule has 144 valence electrons. The normalized spacial score (nSPS) is 11.8. The third-order valence-corrected chi connectivity index (χ3v) is 4.22. The summed E-state index contributed by atoms with van der Waals surface area (Å²) in [6.45, 7) is 16.7. The largest absolute Gasteiger partial charge is 0.511 e. The number of hydrogen-bond acceptors (Lipinski definition) is 2. The Balaban J connectivity index is -0.000000385. The molecule has 0 aromatic carbocycles. The van der Waals surface area contributed by atoms with Gasteiger partial charge in [0.25, 0.3) is 0 Å². The van der Waals surface area contributed by atoms with Crippen LogP contribution in [0.5, 0.6) is 0 Å². The fourth-order valence-corrected chi connectivity index (χ4v) is 2.17. The summed E-state index contributed by atoms with van der Waals surface area (Å²) in [7, 11) is 0. The molecule has 0 aromatic rings. The molecule has 3 heteroatoms. The van der Waals surface area contributed by atoms with E-state index in [1.807, 2.05) is 6.92 Å². The number of hydrogen-bond donors (Lipinski definition) is 1. The van der Waals surface area contributed by atoms with E-state index in [1.54, 1.807) is 0 Å². The number of unbranched alkanes of at least 4 members (excludes halogenated alkanes) is 7. The van der Waals surface area contributed by atoms with E-state index < -0.39 is 0 Å². The van der Waals surface area contributed by atoms with Gasteiger partial charge in [-0.1, -0.05) is 99.3 Å². The Labute approximate surface area is 177 Å². The SMILES string of the molecule is CCCCCCCCC.[CH2-]C(CC)OC(=N)C(C)(C)CCCC.[U]. The average Bonchev–Trinajstić information content (AvgIpc) is 2.53.